The molecule has 2 aromatic rings. The van der Waals surface area contributed by atoms with Crippen LogP contribution in [-0.2, 0) is 4.79 Å². The Balaban J connectivity index is 1.62. The van der Waals surface area contributed by atoms with Gasteiger partial charge in [-0.15, -0.1) is 0 Å². The summed E-state index contributed by atoms with van der Waals surface area (Å²) < 4.78 is 5.01. The number of nitrogens with one attached hydrogen (secondary N) is 1. The van der Waals surface area contributed by atoms with Gasteiger partial charge in [0.15, 0.2) is 0 Å². The van der Waals surface area contributed by atoms with E-state index in [-0.39, 0.29) is 11.8 Å². The van der Waals surface area contributed by atoms with E-state index in [9.17, 15) is 4.79 Å². The molecule has 1 atom stereocenters. The van der Waals surface area contributed by atoms with Crippen molar-refractivity contribution in [2.75, 3.05) is 30.4 Å². The highest BCUT2D eigenvalue weighted by molar-refractivity contribution is 5.92. The van der Waals surface area contributed by atoms with Crippen LogP contribution in [0, 0.1) is 5.92 Å². The molecule has 7 nitrogen and oxygen atoms in total. The number of hydrogen-bond acceptors (Lipinski definition) is 6. The van der Waals surface area contributed by atoms with Crippen LogP contribution >= 0.6 is 0 Å². The predicted octanol–water partition coefficient (Wildman–Crippen LogP) is 1.74. The quantitative estimate of drug-likeness (QED) is 0.926. The number of ether oxygens (including phenoxy) is 1. The number of methoxy groups -OCH3 is 1. The van der Waals surface area contributed by atoms with E-state index in [0.717, 1.165) is 19.4 Å². The molecule has 23 heavy (non-hydrogen) atoms. The molecule has 2 aromatic heterocycles. The van der Waals surface area contributed by atoms with Crippen molar-refractivity contribution in [2.24, 2.45) is 5.92 Å². The van der Waals surface area contributed by atoms with E-state index in [1.54, 1.807) is 43.9 Å². The van der Waals surface area contributed by atoms with Crippen molar-refractivity contribution in [3.63, 3.8) is 0 Å². The van der Waals surface area contributed by atoms with Gasteiger partial charge in [-0.25, -0.2) is 15.0 Å². The van der Waals surface area contributed by atoms with Crippen molar-refractivity contribution in [3.05, 3.63) is 36.8 Å². The van der Waals surface area contributed by atoms with Crippen LogP contribution in [0.15, 0.2) is 36.8 Å². The molecule has 1 fully saturated rings. The third kappa shape index (κ3) is 3.74. The molecule has 0 spiro atoms. The van der Waals surface area contributed by atoms with Crippen molar-refractivity contribution in [1.82, 2.24) is 15.0 Å². The number of pyridine rings is 1. The lowest BCUT2D eigenvalue weighted by Crippen LogP contribution is -2.41. The minimum Gasteiger partial charge on any atom is -0.481 e. The molecule has 1 saturated heterocycles. The van der Waals surface area contributed by atoms with Crippen LogP contribution in [0.5, 0.6) is 5.88 Å². The largest absolute Gasteiger partial charge is 0.481 e. The number of anilines is 2. The molecule has 120 valence electrons. The van der Waals surface area contributed by atoms with E-state index in [2.05, 4.69) is 25.2 Å². The molecular formula is C16H19N5O2. The molecule has 0 bridgehead atoms. The first-order valence-corrected chi connectivity index (χ1v) is 7.59. The lowest BCUT2D eigenvalue weighted by molar-refractivity contribution is -0.120. The van der Waals surface area contributed by atoms with Gasteiger partial charge in [0.2, 0.25) is 17.7 Å². The van der Waals surface area contributed by atoms with Crippen molar-refractivity contribution >= 4 is 17.5 Å². The predicted molar refractivity (Wildman–Crippen MR) is 86.4 cm³/mol. The fourth-order valence-corrected chi connectivity index (χ4v) is 2.65. The standard InChI is InChI=1S/C16H19N5O2/c1-23-14-6-5-13(10-19-14)20-15(22)12-4-2-9-21(11-12)16-17-7-3-8-18-16/h3,5-8,10,12H,2,4,9,11H2,1H3,(H,20,22)/t12-/m0/s1. The molecule has 0 aliphatic carbocycles. The van der Waals surface area contributed by atoms with Crippen LogP contribution in [-0.4, -0.2) is 41.1 Å². The molecule has 0 aromatic carbocycles. The summed E-state index contributed by atoms with van der Waals surface area (Å²) in [4.78, 5) is 27.1. The summed E-state index contributed by atoms with van der Waals surface area (Å²) in [6, 6.07) is 5.29. The van der Waals surface area contributed by atoms with E-state index < -0.39 is 0 Å². The van der Waals surface area contributed by atoms with Crippen molar-refractivity contribution in [3.8, 4) is 5.88 Å². The van der Waals surface area contributed by atoms with Gasteiger partial charge in [0, 0.05) is 31.5 Å². The molecule has 0 radical (unpaired) electrons. The van der Waals surface area contributed by atoms with Gasteiger partial charge in [-0.05, 0) is 25.0 Å². The molecule has 0 unspecified atom stereocenters. The summed E-state index contributed by atoms with van der Waals surface area (Å²) in [5, 5.41) is 2.91. The van der Waals surface area contributed by atoms with Gasteiger partial charge < -0.3 is 15.0 Å². The van der Waals surface area contributed by atoms with Crippen LogP contribution in [0.1, 0.15) is 12.8 Å². The second-order valence-corrected chi connectivity index (χ2v) is 5.41. The first-order chi connectivity index (χ1) is 11.3. The van der Waals surface area contributed by atoms with Gasteiger partial charge in [-0.2, -0.15) is 0 Å². The number of nitrogens with zero attached hydrogens (tertiary/aromatic N) is 4. The molecule has 7 heteroatoms. The first-order valence-electron chi connectivity index (χ1n) is 7.59. The number of carbonyl (C=O) groups excluding carboxylic acids is 1. The zero-order chi connectivity index (χ0) is 16.1. The van der Waals surface area contributed by atoms with Crippen molar-refractivity contribution in [1.29, 1.82) is 0 Å². The molecular weight excluding hydrogens is 294 g/mol. The Kier molecular flexibility index (Phi) is 4.65. The van der Waals surface area contributed by atoms with Crippen LogP contribution in [0.2, 0.25) is 0 Å². The van der Waals surface area contributed by atoms with Gasteiger partial charge in [-0.3, -0.25) is 4.79 Å². The highest BCUT2D eigenvalue weighted by Gasteiger charge is 2.27. The fourth-order valence-electron chi connectivity index (χ4n) is 2.65. The third-order valence-electron chi connectivity index (χ3n) is 3.84. The van der Waals surface area contributed by atoms with E-state index in [1.807, 2.05) is 0 Å². The third-order valence-corrected chi connectivity index (χ3v) is 3.84. The summed E-state index contributed by atoms with van der Waals surface area (Å²) in [6.45, 7) is 1.50. The first kappa shape index (κ1) is 15.2. The number of hydrogen-bond donors (Lipinski definition) is 1. The van der Waals surface area contributed by atoms with E-state index in [4.69, 9.17) is 4.74 Å². The molecule has 1 N–H and O–H groups in total. The SMILES string of the molecule is COc1ccc(NC(=O)[C@H]2CCCN(c3ncccn3)C2)cn1. The molecule has 3 rings (SSSR count). The van der Waals surface area contributed by atoms with Gasteiger partial charge in [0.05, 0.1) is 24.9 Å². The molecule has 1 amide bonds. The molecule has 1 aliphatic rings. The van der Waals surface area contributed by atoms with Gasteiger partial charge in [0.25, 0.3) is 0 Å². The number of amides is 1. The average Bonchev–Trinajstić information content (AvgIpc) is 2.63. The summed E-state index contributed by atoms with van der Waals surface area (Å²) in [5.41, 5.74) is 0.670. The Hall–Kier alpha value is -2.70. The van der Waals surface area contributed by atoms with Crippen LogP contribution in [0.25, 0.3) is 0 Å². The maximum Gasteiger partial charge on any atom is 0.229 e. The Morgan fingerprint density at radius 1 is 1.30 bits per heavy atom. The summed E-state index contributed by atoms with van der Waals surface area (Å²) in [6.07, 6.45) is 6.83. The summed E-state index contributed by atoms with van der Waals surface area (Å²) in [5.74, 6) is 1.11. The number of rotatable bonds is 4. The smallest absolute Gasteiger partial charge is 0.229 e. The van der Waals surface area contributed by atoms with E-state index >= 15 is 0 Å². The zero-order valence-corrected chi connectivity index (χ0v) is 13.0. The lowest BCUT2D eigenvalue weighted by Gasteiger charge is -2.31. The maximum absolute atomic E-state index is 12.5. The monoisotopic (exact) mass is 313 g/mol. The van der Waals surface area contributed by atoms with Crippen LogP contribution in [0.4, 0.5) is 11.6 Å². The Bertz CT molecular complexity index is 647. The highest BCUT2D eigenvalue weighted by atomic mass is 16.5. The minimum absolute atomic E-state index is 0.00222. The maximum atomic E-state index is 12.5. The van der Waals surface area contributed by atoms with Crippen LogP contribution in [0.3, 0.4) is 0 Å². The second-order valence-electron chi connectivity index (χ2n) is 5.41. The average molecular weight is 313 g/mol. The van der Waals surface area contributed by atoms with E-state index in [0.29, 0.717) is 24.1 Å². The Morgan fingerprint density at radius 2 is 2.13 bits per heavy atom. The lowest BCUT2D eigenvalue weighted by atomic mass is 9.97. The zero-order valence-electron chi connectivity index (χ0n) is 13.0. The van der Waals surface area contributed by atoms with Crippen molar-refractivity contribution < 1.29 is 9.53 Å². The fraction of sp³-hybridized carbons (Fsp3) is 0.375. The summed E-state index contributed by atoms with van der Waals surface area (Å²) in [7, 11) is 1.56. The van der Waals surface area contributed by atoms with Gasteiger partial charge in [-0.1, -0.05) is 0 Å². The minimum atomic E-state index is -0.0883. The number of piperidine rings is 1. The normalized spacial score (nSPS) is 17.6. The molecule has 1 aliphatic heterocycles. The topological polar surface area (TPSA) is 80.2 Å². The van der Waals surface area contributed by atoms with Gasteiger partial charge in [0.1, 0.15) is 0 Å². The van der Waals surface area contributed by atoms with Gasteiger partial charge >= 0.3 is 0 Å². The van der Waals surface area contributed by atoms with Crippen molar-refractivity contribution in [2.45, 2.75) is 12.8 Å². The molecule has 0 saturated carbocycles. The van der Waals surface area contributed by atoms with E-state index in [1.165, 1.54) is 0 Å². The Morgan fingerprint density at radius 3 is 2.83 bits per heavy atom. The highest BCUT2D eigenvalue weighted by Crippen LogP contribution is 2.21. The Labute approximate surface area is 134 Å². The molecule has 3 heterocycles. The number of carbonyl (C=O) groups is 1. The number of aromatic nitrogens is 3. The van der Waals surface area contributed by atoms with Crippen LogP contribution < -0.4 is 15.0 Å². The summed E-state index contributed by atoms with van der Waals surface area (Å²) >= 11 is 0. The second kappa shape index (κ2) is 7.04.